The molecule has 3 heteroatoms. The third kappa shape index (κ3) is 1.28. The molecular weight excluding hydrogens is 274 g/mol. The molecule has 3 atom stereocenters. The van der Waals surface area contributed by atoms with Crippen molar-refractivity contribution >= 4 is 0 Å². The molecular formula is C19H21NO2. The average molecular weight is 295 g/mol. The van der Waals surface area contributed by atoms with Crippen LogP contribution in [0.25, 0.3) is 0 Å². The van der Waals surface area contributed by atoms with Gasteiger partial charge in [0.25, 0.3) is 0 Å². The minimum Gasteiger partial charge on any atom is -0.493 e. The highest BCUT2D eigenvalue weighted by molar-refractivity contribution is 5.69. The van der Waals surface area contributed by atoms with Crippen molar-refractivity contribution in [1.29, 1.82) is 0 Å². The Morgan fingerprint density at radius 3 is 3.00 bits per heavy atom. The molecule has 1 fully saturated rings. The van der Waals surface area contributed by atoms with Gasteiger partial charge in [0.2, 0.25) is 0 Å². The van der Waals surface area contributed by atoms with E-state index in [0.717, 1.165) is 36.6 Å². The Labute approximate surface area is 131 Å². The number of rotatable bonds is 1. The Hall–Kier alpha value is -1.74. The number of ether oxygens (including phenoxy) is 2. The Bertz CT molecular complexity index is 748. The second-order valence-corrected chi connectivity index (χ2v) is 7.10. The molecule has 2 aliphatic heterocycles. The fourth-order valence-corrected chi connectivity index (χ4v) is 5.00. The molecule has 22 heavy (non-hydrogen) atoms. The van der Waals surface area contributed by atoms with Gasteiger partial charge in [0.15, 0.2) is 11.5 Å². The van der Waals surface area contributed by atoms with Gasteiger partial charge in [0.05, 0.1) is 12.5 Å². The van der Waals surface area contributed by atoms with Gasteiger partial charge in [0, 0.05) is 18.2 Å². The third-order valence-electron chi connectivity index (χ3n) is 5.98. The maximum absolute atomic E-state index is 6.38. The number of benzene rings is 1. The van der Waals surface area contributed by atoms with E-state index in [9.17, 15) is 0 Å². The van der Waals surface area contributed by atoms with E-state index < -0.39 is 0 Å². The van der Waals surface area contributed by atoms with Crippen LogP contribution in [0.1, 0.15) is 24.5 Å². The van der Waals surface area contributed by atoms with Gasteiger partial charge in [-0.05, 0) is 49.1 Å². The number of hydrogen-bond acceptors (Lipinski definition) is 3. The smallest absolute Gasteiger partial charge is 0.173 e. The molecule has 5 rings (SSSR count). The highest BCUT2D eigenvalue weighted by atomic mass is 16.5. The molecule has 0 saturated carbocycles. The molecule has 114 valence electrons. The van der Waals surface area contributed by atoms with E-state index >= 15 is 0 Å². The number of methoxy groups -OCH3 is 1. The number of likely N-dealkylation sites (N-methyl/N-ethyl adjacent to an activating group) is 1. The topological polar surface area (TPSA) is 21.7 Å². The van der Waals surface area contributed by atoms with Crippen LogP contribution in [-0.2, 0) is 11.8 Å². The SMILES string of the molecule is COc1ccc2c3c1OC1=C[C@H](C)C=C4[C@H](C2)N(C)CC[C@]143. The number of hydrogen-bond donors (Lipinski definition) is 0. The van der Waals surface area contributed by atoms with Crippen molar-refractivity contribution in [2.45, 2.75) is 31.2 Å². The summed E-state index contributed by atoms with van der Waals surface area (Å²) < 4.78 is 12.0. The monoisotopic (exact) mass is 295 g/mol. The molecule has 4 aliphatic rings. The van der Waals surface area contributed by atoms with Crippen LogP contribution in [-0.4, -0.2) is 31.6 Å². The van der Waals surface area contributed by atoms with Crippen LogP contribution >= 0.6 is 0 Å². The van der Waals surface area contributed by atoms with Gasteiger partial charge in [-0.1, -0.05) is 19.1 Å². The van der Waals surface area contributed by atoms with Gasteiger partial charge in [-0.2, -0.15) is 0 Å². The lowest BCUT2D eigenvalue weighted by Crippen LogP contribution is -2.54. The summed E-state index contributed by atoms with van der Waals surface area (Å²) in [7, 11) is 3.99. The molecule has 1 saturated heterocycles. The summed E-state index contributed by atoms with van der Waals surface area (Å²) in [6.07, 6.45) is 6.97. The molecule has 2 aliphatic carbocycles. The summed E-state index contributed by atoms with van der Waals surface area (Å²) in [4.78, 5) is 2.51. The Kier molecular flexibility index (Phi) is 2.30. The van der Waals surface area contributed by atoms with Crippen molar-refractivity contribution in [3.8, 4) is 11.5 Å². The third-order valence-corrected chi connectivity index (χ3v) is 5.98. The molecule has 1 spiro atoms. The first-order valence-electron chi connectivity index (χ1n) is 8.18. The zero-order valence-electron chi connectivity index (χ0n) is 13.3. The maximum Gasteiger partial charge on any atom is 0.173 e. The molecule has 0 N–H and O–H groups in total. The van der Waals surface area contributed by atoms with Crippen molar-refractivity contribution in [1.82, 2.24) is 4.90 Å². The van der Waals surface area contributed by atoms with E-state index in [4.69, 9.17) is 9.47 Å². The predicted octanol–water partition coefficient (Wildman–Crippen LogP) is 3.05. The Balaban J connectivity index is 1.86. The molecule has 2 heterocycles. The number of likely N-dealkylation sites (tertiary alicyclic amines) is 1. The van der Waals surface area contributed by atoms with Gasteiger partial charge in [-0.3, -0.25) is 4.90 Å². The van der Waals surface area contributed by atoms with E-state index in [1.807, 2.05) is 0 Å². The summed E-state index contributed by atoms with van der Waals surface area (Å²) in [6, 6.07) is 4.82. The van der Waals surface area contributed by atoms with E-state index in [1.54, 1.807) is 12.7 Å². The molecule has 0 unspecified atom stereocenters. The molecule has 3 nitrogen and oxygen atoms in total. The highest BCUT2D eigenvalue weighted by Gasteiger charge is 2.58. The van der Waals surface area contributed by atoms with Crippen LogP contribution in [0, 0.1) is 5.92 Å². The first-order valence-corrected chi connectivity index (χ1v) is 8.18. The van der Waals surface area contributed by atoms with Crippen molar-refractivity contribution in [2.75, 3.05) is 20.7 Å². The second-order valence-electron chi connectivity index (χ2n) is 7.10. The maximum atomic E-state index is 6.38. The molecule has 1 aromatic rings. The molecule has 2 bridgehead atoms. The minimum absolute atomic E-state index is 0.0128. The van der Waals surface area contributed by atoms with E-state index in [2.05, 4.69) is 43.2 Å². The average Bonchev–Trinajstić information content (AvgIpc) is 2.83. The van der Waals surface area contributed by atoms with Crippen LogP contribution in [0.15, 0.2) is 35.6 Å². The van der Waals surface area contributed by atoms with Crippen LogP contribution in [0.5, 0.6) is 11.5 Å². The zero-order chi connectivity index (χ0) is 15.1. The van der Waals surface area contributed by atoms with Crippen molar-refractivity contribution in [3.05, 3.63) is 46.7 Å². The van der Waals surface area contributed by atoms with Gasteiger partial charge < -0.3 is 9.47 Å². The van der Waals surface area contributed by atoms with Crippen LogP contribution in [0.4, 0.5) is 0 Å². The molecule has 1 aromatic carbocycles. The summed E-state index contributed by atoms with van der Waals surface area (Å²) in [5.41, 5.74) is 4.37. The van der Waals surface area contributed by atoms with Crippen molar-refractivity contribution < 1.29 is 9.47 Å². The lowest BCUT2D eigenvalue weighted by molar-refractivity contribution is 0.171. The summed E-state index contributed by atoms with van der Waals surface area (Å²) in [6.45, 7) is 3.37. The van der Waals surface area contributed by atoms with E-state index in [-0.39, 0.29) is 5.41 Å². The van der Waals surface area contributed by atoms with Crippen molar-refractivity contribution in [2.24, 2.45) is 5.92 Å². The first-order chi connectivity index (χ1) is 10.6. The molecule has 0 aromatic heterocycles. The zero-order valence-corrected chi connectivity index (χ0v) is 13.3. The number of piperidine rings is 1. The lowest BCUT2D eigenvalue weighted by Gasteiger charge is -2.51. The van der Waals surface area contributed by atoms with Crippen LogP contribution < -0.4 is 9.47 Å². The highest BCUT2D eigenvalue weighted by Crippen LogP contribution is 2.63. The van der Waals surface area contributed by atoms with Gasteiger partial charge in [-0.25, -0.2) is 0 Å². The van der Waals surface area contributed by atoms with Crippen LogP contribution in [0.3, 0.4) is 0 Å². The van der Waals surface area contributed by atoms with Gasteiger partial charge >= 0.3 is 0 Å². The van der Waals surface area contributed by atoms with Gasteiger partial charge in [0.1, 0.15) is 5.76 Å². The van der Waals surface area contributed by atoms with Gasteiger partial charge in [-0.15, -0.1) is 0 Å². The Morgan fingerprint density at radius 2 is 2.18 bits per heavy atom. The quantitative estimate of drug-likeness (QED) is 0.743. The summed E-state index contributed by atoms with van der Waals surface area (Å²) in [5.74, 6) is 3.42. The standard InChI is InChI=1S/C19H21NO2/c1-11-8-13-14-10-12-4-5-15(21-3)18-17(12)19(13,6-7-20(14)2)16(9-11)22-18/h4-5,8-9,11,14H,6-7,10H2,1-3H3/t11-,14+,19-/m1/s1. The number of nitrogens with zero attached hydrogens (tertiary/aromatic N) is 1. The summed E-state index contributed by atoms with van der Waals surface area (Å²) >= 11 is 0. The van der Waals surface area contributed by atoms with E-state index in [0.29, 0.717) is 12.0 Å². The predicted molar refractivity (Wildman–Crippen MR) is 85.4 cm³/mol. The van der Waals surface area contributed by atoms with E-state index in [1.165, 1.54) is 11.1 Å². The number of allylic oxidation sites excluding steroid dienone is 3. The second kappa shape index (κ2) is 3.96. The lowest BCUT2D eigenvalue weighted by atomic mass is 9.58. The normalized spacial score (nSPS) is 34.5. The fourth-order valence-electron chi connectivity index (χ4n) is 5.00. The first kappa shape index (κ1) is 12.8. The molecule has 0 amide bonds. The fraction of sp³-hybridized carbons (Fsp3) is 0.474. The minimum atomic E-state index is -0.0128. The summed E-state index contributed by atoms with van der Waals surface area (Å²) in [5, 5.41) is 0. The van der Waals surface area contributed by atoms with Crippen molar-refractivity contribution in [3.63, 3.8) is 0 Å². The largest absolute Gasteiger partial charge is 0.493 e. The Morgan fingerprint density at radius 1 is 1.32 bits per heavy atom. The van der Waals surface area contributed by atoms with Crippen LogP contribution in [0.2, 0.25) is 0 Å². The molecule has 0 radical (unpaired) electrons.